The van der Waals surface area contributed by atoms with E-state index in [4.69, 9.17) is 27.9 Å². The van der Waals surface area contributed by atoms with E-state index >= 15 is 0 Å². The zero-order valence-electron chi connectivity index (χ0n) is 20.3. The number of carbonyl (C=O) groups is 1. The first-order chi connectivity index (χ1) is 18.0. The monoisotopic (exact) mass is 529 g/mol. The van der Waals surface area contributed by atoms with Crippen LogP contribution in [0.15, 0.2) is 79.0 Å². The number of carbonyl (C=O) groups excluding carboxylic acids is 1. The zero-order chi connectivity index (χ0) is 25.5. The van der Waals surface area contributed by atoms with Crippen LogP contribution in [0.3, 0.4) is 0 Å². The molecule has 0 bridgehead atoms. The van der Waals surface area contributed by atoms with Crippen molar-refractivity contribution in [2.45, 2.75) is 25.8 Å². The fourth-order valence-electron chi connectivity index (χ4n) is 5.30. The lowest BCUT2D eigenvalue weighted by atomic mass is 9.98. The molecule has 5 nitrogen and oxygen atoms in total. The Morgan fingerprint density at radius 2 is 1.76 bits per heavy atom. The third-order valence-electron chi connectivity index (χ3n) is 6.95. The van der Waals surface area contributed by atoms with Crippen LogP contribution in [0.4, 0.5) is 5.69 Å². The van der Waals surface area contributed by atoms with E-state index in [0.717, 1.165) is 53.8 Å². The van der Waals surface area contributed by atoms with Gasteiger partial charge in [0, 0.05) is 41.2 Å². The first-order valence-electron chi connectivity index (χ1n) is 12.3. The molecule has 1 aliphatic heterocycles. The van der Waals surface area contributed by atoms with Crippen molar-refractivity contribution in [3.05, 3.63) is 100 Å². The zero-order valence-corrected chi connectivity index (χ0v) is 21.8. The molecule has 0 saturated carbocycles. The molecule has 0 atom stereocenters. The van der Waals surface area contributed by atoms with E-state index in [-0.39, 0.29) is 5.91 Å². The van der Waals surface area contributed by atoms with Crippen molar-refractivity contribution in [3.63, 3.8) is 0 Å². The number of aromatic nitrogens is 2. The molecule has 6 rings (SSSR count). The van der Waals surface area contributed by atoms with E-state index in [1.165, 1.54) is 5.56 Å². The summed E-state index contributed by atoms with van der Waals surface area (Å²) in [7, 11) is 1.61. The van der Waals surface area contributed by atoms with Crippen LogP contribution in [0, 0.1) is 0 Å². The molecular weight excluding hydrogens is 505 g/mol. The molecule has 1 amide bonds. The van der Waals surface area contributed by atoms with E-state index in [2.05, 4.69) is 32.6 Å². The van der Waals surface area contributed by atoms with Crippen LogP contribution in [0.1, 0.15) is 28.9 Å². The van der Waals surface area contributed by atoms with Crippen LogP contribution in [0.2, 0.25) is 10.0 Å². The first-order valence-corrected chi connectivity index (χ1v) is 13.0. The number of anilines is 1. The normalized spacial score (nSPS) is 12.9. The van der Waals surface area contributed by atoms with Gasteiger partial charge in [0.1, 0.15) is 17.1 Å². The molecule has 5 aromatic rings. The number of aryl methyl sites for hydroxylation is 2. The van der Waals surface area contributed by atoms with Gasteiger partial charge in [0.2, 0.25) is 0 Å². The first kappa shape index (κ1) is 23.7. The number of rotatable bonds is 5. The van der Waals surface area contributed by atoms with Crippen molar-refractivity contribution >= 4 is 40.4 Å². The molecule has 3 aromatic carbocycles. The van der Waals surface area contributed by atoms with Crippen molar-refractivity contribution in [2.24, 2.45) is 0 Å². The molecule has 37 heavy (non-hydrogen) atoms. The van der Waals surface area contributed by atoms with E-state index in [1.54, 1.807) is 7.11 Å². The van der Waals surface area contributed by atoms with Gasteiger partial charge in [0.15, 0.2) is 0 Å². The molecule has 0 unspecified atom stereocenters. The lowest BCUT2D eigenvalue weighted by Gasteiger charge is -2.11. The van der Waals surface area contributed by atoms with E-state index in [9.17, 15) is 4.79 Å². The van der Waals surface area contributed by atoms with Crippen LogP contribution in [0.5, 0.6) is 5.75 Å². The molecule has 186 valence electrons. The molecule has 0 spiro atoms. The summed E-state index contributed by atoms with van der Waals surface area (Å²) >= 11 is 12.6. The number of nitrogens with one attached hydrogen (secondary N) is 1. The average Bonchev–Trinajstić information content (AvgIpc) is 3.34. The SMILES string of the molecule is COc1cccc(NC(=O)c2c(-c3ccccc3)c3c4n(c(-c5ccc(Cl)c(Cl)c5)cn24)CCCC3)c1. The molecule has 0 fully saturated rings. The second-order valence-electron chi connectivity index (χ2n) is 9.20. The minimum absolute atomic E-state index is 0.174. The molecule has 0 radical (unpaired) electrons. The number of hydrogen-bond acceptors (Lipinski definition) is 2. The Morgan fingerprint density at radius 3 is 2.54 bits per heavy atom. The maximum atomic E-state index is 14.0. The summed E-state index contributed by atoms with van der Waals surface area (Å²) < 4.78 is 9.72. The van der Waals surface area contributed by atoms with Crippen molar-refractivity contribution < 1.29 is 9.53 Å². The van der Waals surface area contributed by atoms with Gasteiger partial charge in [0.05, 0.1) is 22.8 Å². The second-order valence-corrected chi connectivity index (χ2v) is 10.0. The number of nitrogens with zero attached hydrogens (tertiary/aromatic N) is 2. The topological polar surface area (TPSA) is 47.7 Å². The van der Waals surface area contributed by atoms with Gasteiger partial charge < -0.3 is 14.6 Å². The highest BCUT2D eigenvalue weighted by Gasteiger charge is 2.29. The largest absolute Gasteiger partial charge is 0.497 e. The average molecular weight is 530 g/mol. The number of methoxy groups -OCH3 is 1. The van der Waals surface area contributed by atoms with Gasteiger partial charge in [-0.2, -0.15) is 0 Å². The smallest absolute Gasteiger partial charge is 0.273 e. The van der Waals surface area contributed by atoms with Crippen LogP contribution in [-0.4, -0.2) is 22.0 Å². The highest BCUT2D eigenvalue weighted by atomic mass is 35.5. The maximum Gasteiger partial charge on any atom is 0.273 e. The minimum Gasteiger partial charge on any atom is -0.497 e. The fraction of sp³-hybridized carbons (Fsp3) is 0.167. The number of benzene rings is 3. The number of imidazole rings is 1. The lowest BCUT2D eigenvalue weighted by Crippen LogP contribution is -2.15. The fourth-order valence-corrected chi connectivity index (χ4v) is 5.60. The number of ether oxygens (including phenoxy) is 1. The van der Waals surface area contributed by atoms with E-state index < -0.39 is 0 Å². The summed E-state index contributed by atoms with van der Waals surface area (Å²) in [5, 5.41) is 4.13. The number of hydrogen-bond donors (Lipinski definition) is 1. The van der Waals surface area contributed by atoms with Crippen molar-refractivity contribution in [1.29, 1.82) is 0 Å². The molecule has 2 aromatic heterocycles. The molecule has 7 heteroatoms. The van der Waals surface area contributed by atoms with Gasteiger partial charge >= 0.3 is 0 Å². The predicted molar refractivity (Wildman–Crippen MR) is 150 cm³/mol. The molecular formula is C30H25Cl2N3O2. The molecule has 1 aliphatic rings. The quantitative estimate of drug-likeness (QED) is 0.251. The van der Waals surface area contributed by atoms with Crippen LogP contribution < -0.4 is 10.1 Å². The lowest BCUT2D eigenvalue weighted by molar-refractivity contribution is 0.102. The summed E-state index contributed by atoms with van der Waals surface area (Å²) in [4.78, 5) is 14.0. The summed E-state index contributed by atoms with van der Waals surface area (Å²) in [6.07, 6.45) is 5.04. The van der Waals surface area contributed by atoms with Gasteiger partial charge in [-0.15, -0.1) is 0 Å². The highest BCUT2D eigenvalue weighted by Crippen LogP contribution is 2.40. The molecule has 1 N–H and O–H groups in total. The Hall–Kier alpha value is -3.67. The molecule has 0 aliphatic carbocycles. The summed E-state index contributed by atoms with van der Waals surface area (Å²) in [5.41, 5.74) is 7.50. The maximum absolute atomic E-state index is 14.0. The van der Waals surface area contributed by atoms with Gasteiger partial charge in [0.25, 0.3) is 5.91 Å². The Bertz CT molecular complexity index is 1640. The number of amides is 1. The Balaban J connectivity index is 1.59. The van der Waals surface area contributed by atoms with E-state index in [0.29, 0.717) is 27.2 Å². The highest BCUT2D eigenvalue weighted by molar-refractivity contribution is 6.42. The summed E-state index contributed by atoms with van der Waals surface area (Å²) in [6, 6.07) is 23.3. The Labute approximate surface area is 225 Å². The van der Waals surface area contributed by atoms with E-state index in [1.807, 2.05) is 60.7 Å². The standard InChI is InChI=1S/C30H25Cl2N3O2/c1-37-22-11-7-10-21(17-22)33-29(36)28-27(19-8-3-2-4-9-19)23-12-5-6-15-34-26(18-35(28)30(23)34)20-13-14-24(31)25(32)16-20/h2-4,7-11,13-14,16-18H,5-6,12,15H2,1H3,(H,33,36). The third-order valence-corrected chi connectivity index (χ3v) is 7.69. The Kier molecular flexibility index (Phi) is 6.19. The number of halogens is 2. The van der Waals surface area contributed by atoms with Gasteiger partial charge in [-0.05, 0) is 49.1 Å². The molecule has 0 saturated heterocycles. The van der Waals surface area contributed by atoms with Crippen molar-refractivity contribution in [1.82, 2.24) is 8.97 Å². The van der Waals surface area contributed by atoms with Crippen LogP contribution in [-0.2, 0) is 13.0 Å². The van der Waals surface area contributed by atoms with Gasteiger partial charge in [-0.3, -0.25) is 9.20 Å². The van der Waals surface area contributed by atoms with Crippen LogP contribution >= 0.6 is 23.2 Å². The summed E-state index contributed by atoms with van der Waals surface area (Å²) in [6.45, 7) is 0.855. The van der Waals surface area contributed by atoms with Gasteiger partial charge in [-0.25, -0.2) is 0 Å². The Morgan fingerprint density at radius 1 is 0.919 bits per heavy atom. The molecule has 3 heterocycles. The van der Waals surface area contributed by atoms with Gasteiger partial charge in [-0.1, -0.05) is 65.7 Å². The summed E-state index contributed by atoms with van der Waals surface area (Å²) in [5.74, 6) is 0.510. The minimum atomic E-state index is -0.174. The van der Waals surface area contributed by atoms with Crippen LogP contribution in [0.25, 0.3) is 28.0 Å². The van der Waals surface area contributed by atoms with Crippen molar-refractivity contribution in [3.8, 4) is 28.1 Å². The predicted octanol–water partition coefficient (Wildman–Crippen LogP) is 7.98. The van der Waals surface area contributed by atoms with Crippen molar-refractivity contribution in [2.75, 3.05) is 12.4 Å². The second kappa shape index (κ2) is 9.66. The third kappa shape index (κ3) is 4.18.